The van der Waals surface area contributed by atoms with Crippen molar-refractivity contribution in [3.8, 4) is 23.0 Å². The van der Waals surface area contributed by atoms with Gasteiger partial charge in [-0.1, -0.05) is 12.7 Å². The molecule has 0 heterocycles. The molecule has 0 atom stereocenters. The second kappa shape index (κ2) is 10.5. The molecule has 2 aromatic rings. The van der Waals surface area contributed by atoms with Gasteiger partial charge in [-0.15, -0.1) is 0 Å². The number of methoxy groups -OCH3 is 3. The second-order valence-electron chi connectivity index (χ2n) is 5.40. The summed E-state index contributed by atoms with van der Waals surface area (Å²) in [6.45, 7) is 3.94. The van der Waals surface area contributed by atoms with Crippen molar-refractivity contribution in [2.45, 2.75) is 0 Å². The molecule has 0 unspecified atom stereocenters. The molecule has 0 aliphatic heterocycles. The minimum atomic E-state index is -0.375. The first-order chi connectivity index (χ1) is 13.5. The second-order valence-corrected chi connectivity index (χ2v) is 6.56. The average Bonchev–Trinajstić information content (AvgIpc) is 2.71. The summed E-state index contributed by atoms with van der Waals surface area (Å²) in [5.41, 5.74) is 3.64. The van der Waals surface area contributed by atoms with Crippen molar-refractivity contribution in [3.05, 3.63) is 57.7 Å². The Balaban J connectivity index is 2.11. The van der Waals surface area contributed by atoms with Crippen LogP contribution in [0.25, 0.3) is 0 Å². The van der Waals surface area contributed by atoms with Crippen molar-refractivity contribution in [1.82, 2.24) is 5.43 Å². The highest BCUT2D eigenvalue weighted by atomic mass is 127. The summed E-state index contributed by atoms with van der Waals surface area (Å²) in [6.07, 6.45) is 3.16. The van der Waals surface area contributed by atoms with E-state index in [0.717, 1.165) is 9.13 Å². The molecule has 1 amide bonds. The van der Waals surface area contributed by atoms with E-state index < -0.39 is 0 Å². The Labute approximate surface area is 177 Å². The SMILES string of the molecule is C=CCOc1ccc(C(=O)N/N=C/c2cc(I)c(OC)c(OC)c2)cc1OC. The summed E-state index contributed by atoms with van der Waals surface area (Å²) in [6, 6.07) is 8.52. The lowest BCUT2D eigenvalue weighted by Crippen LogP contribution is -2.17. The van der Waals surface area contributed by atoms with Crippen LogP contribution in [0.3, 0.4) is 0 Å². The molecule has 148 valence electrons. The fraction of sp³-hybridized carbons (Fsp3) is 0.200. The first-order valence-corrected chi connectivity index (χ1v) is 9.28. The number of ether oxygens (including phenoxy) is 4. The molecule has 8 heteroatoms. The molecule has 0 aliphatic carbocycles. The van der Waals surface area contributed by atoms with Crippen LogP contribution in [0.15, 0.2) is 48.1 Å². The molecule has 0 saturated carbocycles. The molecule has 2 rings (SSSR count). The van der Waals surface area contributed by atoms with Crippen LogP contribution in [0.5, 0.6) is 23.0 Å². The third-order valence-corrected chi connectivity index (χ3v) is 4.42. The third-order valence-electron chi connectivity index (χ3n) is 3.62. The molecular weight excluding hydrogens is 475 g/mol. The number of halogens is 1. The fourth-order valence-electron chi connectivity index (χ4n) is 2.32. The van der Waals surface area contributed by atoms with Crippen LogP contribution in [-0.2, 0) is 0 Å². The van der Waals surface area contributed by atoms with Crippen molar-refractivity contribution < 1.29 is 23.7 Å². The Morgan fingerprint density at radius 2 is 1.86 bits per heavy atom. The summed E-state index contributed by atoms with van der Waals surface area (Å²) in [4.78, 5) is 12.3. The first-order valence-electron chi connectivity index (χ1n) is 8.20. The number of carbonyl (C=O) groups excluding carboxylic acids is 1. The third kappa shape index (κ3) is 5.38. The maximum atomic E-state index is 12.3. The number of nitrogens with zero attached hydrogens (tertiary/aromatic N) is 1. The minimum absolute atomic E-state index is 0.344. The van der Waals surface area contributed by atoms with Crippen LogP contribution in [-0.4, -0.2) is 40.1 Å². The zero-order valence-electron chi connectivity index (χ0n) is 15.8. The van der Waals surface area contributed by atoms with Gasteiger partial charge in [0.05, 0.1) is 31.1 Å². The van der Waals surface area contributed by atoms with Gasteiger partial charge in [0, 0.05) is 5.56 Å². The topological polar surface area (TPSA) is 78.4 Å². The van der Waals surface area contributed by atoms with E-state index in [0.29, 0.717) is 35.2 Å². The summed E-state index contributed by atoms with van der Waals surface area (Å²) >= 11 is 2.14. The number of amides is 1. The number of hydrogen-bond acceptors (Lipinski definition) is 6. The molecule has 0 spiro atoms. The maximum absolute atomic E-state index is 12.3. The highest BCUT2D eigenvalue weighted by Crippen LogP contribution is 2.33. The quantitative estimate of drug-likeness (QED) is 0.248. The van der Waals surface area contributed by atoms with E-state index in [-0.39, 0.29) is 5.91 Å². The monoisotopic (exact) mass is 496 g/mol. The van der Waals surface area contributed by atoms with Crippen molar-refractivity contribution in [2.24, 2.45) is 5.10 Å². The number of carbonyl (C=O) groups is 1. The van der Waals surface area contributed by atoms with Gasteiger partial charge in [0.1, 0.15) is 6.61 Å². The van der Waals surface area contributed by atoms with Crippen LogP contribution in [0.4, 0.5) is 0 Å². The summed E-state index contributed by atoms with van der Waals surface area (Å²) in [5, 5.41) is 4.01. The number of benzene rings is 2. The van der Waals surface area contributed by atoms with E-state index in [1.54, 1.807) is 44.6 Å². The molecule has 2 aromatic carbocycles. The Morgan fingerprint density at radius 3 is 2.50 bits per heavy atom. The van der Waals surface area contributed by atoms with Gasteiger partial charge in [-0.05, 0) is 58.5 Å². The van der Waals surface area contributed by atoms with E-state index in [9.17, 15) is 4.79 Å². The Kier molecular flexibility index (Phi) is 8.12. The molecule has 7 nitrogen and oxygen atoms in total. The largest absolute Gasteiger partial charge is 0.493 e. The van der Waals surface area contributed by atoms with E-state index in [4.69, 9.17) is 18.9 Å². The number of rotatable bonds is 9. The molecular formula is C20H21IN2O5. The Morgan fingerprint density at radius 1 is 1.11 bits per heavy atom. The Bertz CT molecular complexity index is 883. The van der Waals surface area contributed by atoms with Gasteiger partial charge in [-0.3, -0.25) is 4.79 Å². The zero-order valence-corrected chi connectivity index (χ0v) is 18.0. The van der Waals surface area contributed by atoms with Crippen LogP contribution in [0, 0.1) is 3.57 Å². The summed E-state index contributed by atoms with van der Waals surface area (Å²) in [7, 11) is 4.65. The van der Waals surface area contributed by atoms with E-state index in [2.05, 4.69) is 39.7 Å². The standard InChI is InChI=1S/C20H21IN2O5/c1-5-8-28-16-7-6-14(11-17(16)25-2)20(24)23-22-12-13-9-15(21)19(27-4)18(10-13)26-3/h5-7,9-12H,1,8H2,2-4H3,(H,23,24)/b22-12+. The van der Waals surface area contributed by atoms with E-state index in [1.807, 2.05) is 6.07 Å². The van der Waals surface area contributed by atoms with Crippen LogP contribution < -0.4 is 24.4 Å². The van der Waals surface area contributed by atoms with Gasteiger partial charge in [0.15, 0.2) is 23.0 Å². The summed E-state index contributed by atoms with van der Waals surface area (Å²) < 4.78 is 22.2. The van der Waals surface area contributed by atoms with Crippen molar-refractivity contribution >= 4 is 34.7 Å². The fourth-order valence-corrected chi connectivity index (χ4v) is 3.16. The summed E-state index contributed by atoms with van der Waals surface area (Å²) in [5.74, 6) is 1.84. The Hall–Kier alpha value is -2.75. The first kappa shape index (κ1) is 21.5. The highest BCUT2D eigenvalue weighted by molar-refractivity contribution is 14.1. The molecule has 28 heavy (non-hydrogen) atoms. The molecule has 1 N–H and O–H groups in total. The zero-order chi connectivity index (χ0) is 20.5. The van der Waals surface area contributed by atoms with Crippen molar-refractivity contribution in [2.75, 3.05) is 27.9 Å². The lowest BCUT2D eigenvalue weighted by molar-refractivity contribution is 0.0954. The van der Waals surface area contributed by atoms with Crippen LogP contribution in [0.2, 0.25) is 0 Å². The normalized spacial score (nSPS) is 10.4. The van der Waals surface area contributed by atoms with Gasteiger partial charge < -0.3 is 18.9 Å². The van der Waals surface area contributed by atoms with Gasteiger partial charge in [-0.25, -0.2) is 5.43 Å². The van der Waals surface area contributed by atoms with Crippen LogP contribution >= 0.6 is 22.6 Å². The lowest BCUT2D eigenvalue weighted by Gasteiger charge is -2.11. The number of hydrazone groups is 1. The van der Waals surface area contributed by atoms with Gasteiger partial charge in [0.2, 0.25) is 0 Å². The number of nitrogens with one attached hydrogen (secondary N) is 1. The highest BCUT2D eigenvalue weighted by Gasteiger charge is 2.11. The smallest absolute Gasteiger partial charge is 0.271 e. The van der Waals surface area contributed by atoms with Crippen molar-refractivity contribution in [3.63, 3.8) is 0 Å². The predicted molar refractivity (Wildman–Crippen MR) is 116 cm³/mol. The van der Waals surface area contributed by atoms with Crippen LogP contribution in [0.1, 0.15) is 15.9 Å². The molecule has 0 saturated heterocycles. The minimum Gasteiger partial charge on any atom is -0.493 e. The average molecular weight is 496 g/mol. The molecule has 0 bridgehead atoms. The predicted octanol–water partition coefficient (Wildman–Crippen LogP) is 3.65. The molecule has 0 fully saturated rings. The molecule has 0 radical (unpaired) electrons. The molecule has 0 aromatic heterocycles. The van der Waals surface area contributed by atoms with Gasteiger partial charge in [0.25, 0.3) is 5.91 Å². The van der Waals surface area contributed by atoms with E-state index in [1.165, 1.54) is 13.3 Å². The van der Waals surface area contributed by atoms with Gasteiger partial charge in [-0.2, -0.15) is 5.10 Å². The maximum Gasteiger partial charge on any atom is 0.271 e. The van der Waals surface area contributed by atoms with Gasteiger partial charge >= 0.3 is 0 Å². The number of hydrogen-bond donors (Lipinski definition) is 1. The lowest BCUT2D eigenvalue weighted by atomic mass is 10.2. The van der Waals surface area contributed by atoms with Crippen molar-refractivity contribution in [1.29, 1.82) is 0 Å². The van der Waals surface area contributed by atoms with E-state index >= 15 is 0 Å². The molecule has 0 aliphatic rings.